The zero-order chi connectivity index (χ0) is 20.4. The van der Waals surface area contributed by atoms with E-state index in [2.05, 4.69) is 4.90 Å². The number of rotatable bonds is 4. The molecule has 0 unspecified atom stereocenters. The van der Waals surface area contributed by atoms with Crippen LogP contribution in [0.4, 0.5) is 13.2 Å². The van der Waals surface area contributed by atoms with E-state index in [4.69, 9.17) is 19.6 Å². The summed E-state index contributed by atoms with van der Waals surface area (Å²) in [6.45, 7) is 8.57. The molecular weight excluding hydrogens is 367 g/mol. The summed E-state index contributed by atoms with van der Waals surface area (Å²) >= 11 is 0. The summed E-state index contributed by atoms with van der Waals surface area (Å²) in [7, 11) is 1.74. The van der Waals surface area contributed by atoms with Gasteiger partial charge in [0.05, 0.1) is 6.61 Å². The second kappa shape index (κ2) is 8.14. The zero-order valence-electron chi connectivity index (χ0n) is 15.8. The molecule has 0 aromatic heterocycles. The van der Waals surface area contributed by atoms with Crippen LogP contribution in [-0.4, -0.2) is 84.2 Å². The van der Waals surface area contributed by atoms with Crippen LogP contribution in [0.3, 0.4) is 0 Å². The van der Waals surface area contributed by atoms with E-state index in [1.54, 1.807) is 7.11 Å². The Balaban J connectivity index is 0.000000321. The van der Waals surface area contributed by atoms with Gasteiger partial charge >= 0.3 is 12.1 Å². The molecule has 3 aliphatic rings. The standard InChI is InChI=1S/C15H25N3O2.C2HF3O2/c1-4-18-11(2)16-15(14(18)19)6-5-12-9-17(7-8-20-3)10-13(12)15;3-2(4,5)1(6)7/h12-13H,4-10H2,1-3H3;(H,6,7)/t12-,13+,15-;/m1./s1. The lowest BCUT2D eigenvalue weighted by Crippen LogP contribution is -2.46. The van der Waals surface area contributed by atoms with E-state index in [-0.39, 0.29) is 5.91 Å². The molecule has 27 heavy (non-hydrogen) atoms. The van der Waals surface area contributed by atoms with Crippen molar-refractivity contribution in [3.8, 4) is 0 Å². The lowest BCUT2D eigenvalue weighted by atomic mass is 9.85. The predicted octanol–water partition coefficient (Wildman–Crippen LogP) is 1.63. The van der Waals surface area contributed by atoms with Crippen LogP contribution in [0.2, 0.25) is 0 Å². The zero-order valence-corrected chi connectivity index (χ0v) is 15.8. The van der Waals surface area contributed by atoms with Gasteiger partial charge in [-0.1, -0.05) is 0 Å². The molecule has 1 N–H and O–H groups in total. The number of aliphatic carboxylic acids is 1. The molecule has 1 saturated carbocycles. The molecule has 10 heteroatoms. The van der Waals surface area contributed by atoms with Crippen molar-refractivity contribution in [1.82, 2.24) is 9.80 Å². The smallest absolute Gasteiger partial charge is 0.475 e. The molecule has 1 spiro atoms. The van der Waals surface area contributed by atoms with Crippen LogP contribution in [0, 0.1) is 11.8 Å². The maximum absolute atomic E-state index is 12.8. The fraction of sp³-hybridized carbons (Fsp3) is 0.824. The maximum atomic E-state index is 12.8. The van der Waals surface area contributed by atoms with Gasteiger partial charge in [0.25, 0.3) is 5.91 Å². The van der Waals surface area contributed by atoms with E-state index in [1.807, 2.05) is 18.7 Å². The highest BCUT2D eigenvalue weighted by Crippen LogP contribution is 2.50. The molecule has 2 heterocycles. The van der Waals surface area contributed by atoms with Crippen molar-refractivity contribution in [2.45, 2.75) is 38.4 Å². The molecule has 1 amide bonds. The SMILES string of the molecule is CCN1C(=O)[C@]2(CC[C@@H]3CN(CCOC)C[C@@H]32)N=C1C.O=C(O)C(F)(F)F. The average molecular weight is 393 g/mol. The Hall–Kier alpha value is -1.68. The van der Waals surface area contributed by atoms with Crippen molar-refractivity contribution in [1.29, 1.82) is 0 Å². The number of nitrogens with zero attached hydrogens (tertiary/aromatic N) is 3. The van der Waals surface area contributed by atoms with Crippen molar-refractivity contribution >= 4 is 17.7 Å². The first-order valence-electron chi connectivity index (χ1n) is 8.96. The molecule has 2 fully saturated rings. The number of likely N-dealkylation sites (tertiary alicyclic amines) is 1. The molecule has 3 atom stereocenters. The summed E-state index contributed by atoms with van der Waals surface area (Å²) < 4.78 is 36.9. The second-order valence-corrected chi connectivity index (χ2v) is 7.09. The number of ether oxygens (including phenoxy) is 1. The molecule has 154 valence electrons. The Bertz CT molecular complexity index is 611. The number of likely N-dealkylation sites (N-methyl/N-ethyl adjacent to an activating group) is 1. The van der Waals surface area contributed by atoms with Crippen LogP contribution < -0.4 is 0 Å². The minimum Gasteiger partial charge on any atom is -0.475 e. The number of alkyl halides is 3. The number of hydrogen-bond acceptors (Lipinski definition) is 5. The second-order valence-electron chi connectivity index (χ2n) is 7.09. The van der Waals surface area contributed by atoms with Gasteiger partial charge in [0.1, 0.15) is 11.4 Å². The van der Waals surface area contributed by atoms with Crippen molar-refractivity contribution in [3.05, 3.63) is 0 Å². The number of methoxy groups -OCH3 is 1. The minimum atomic E-state index is -5.08. The van der Waals surface area contributed by atoms with E-state index in [9.17, 15) is 18.0 Å². The van der Waals surface area contributed by atoms with E-state index < -0.39 is 17.7 Å². The first-order valence-corrected chi connectivity index (χ1v) is 8.96. The molecule has 2 aliphatic heterocycles. The third kappa shape index (κ3) is 4.26. The molecule has 0 bridgehead atoms. The number of carboxylic acids is 1. The van der Waals surface area contributed by atoms with Gasteiger partial charge in [-0.3, -0.25) is 14.7 Å². The third-order valence-corrected chi connectivity index (χ3v) is 5.56. The first kappa shape index (κ1) is 21.6. The Morgan fingerprint density at radius 1 is 1.41 bits per heavy atom. The molecule has 0 radical (unpaired) electrons. The minimum absolute atomic E-state index is 0.249. The maximum Gasteiger partial charge on any atom is 0.490 e. The fourth-order valence-electron chi connectivity index (χ4n) is 4.34. The molecule has 1 saturated heterocycles. The number of carbonyl (C=O) groups is 2. The number of aliphatic imine (C=N–C) groups is 1. The van der Waals surface area contributed by atoms with Gasteiger partial charge in [0.2, 0.25) is 0 Å². The third-order valence-electron chi connectivity index (χ3n) is 5.56. The Labute approximate surface area is 156 Å². The number of carbonyl (C=O) groups excluding carboxylic acids is 1. The van der Waals surface area contributed by atoms with E-state index in [0.717, 1.165) is 51.5 Å². The van der Waals surface area contributed by atoms with Crippen LogP contribution in [0.15, 0.2) is 4.99 Å². The summed E-state index contributed by atoms with van der Waals surface area (Å²) in [5, 5.41) is 7.12. The van der Waals surface area contributed by atoms with Crippen LogP contribution in [0.25, 0.3) is 0 Å². The van der Waals surface area contributed by atoms with E-state index >= 15 is 0 Å². The van der Waals surface area contributed by atoms with Gasteiger partial charge in [0.15, 0.2) is 0 Å². The van der Waals surface area contributed by atoms with Gasteiger partial charge in [-0.05, 0) is 32.6 Å². The Kier molecular flexibility index (Phi) is 6.51. The Morgan fingerprint density at radius 3 is 2.52 bits per heavy atom. The van der Waals surface area contributed by atoms with Gasteiger partial charge in [-0.2, -0.15) is 13.2 Å². The van der Waals surface area contributed by atoms with Gasteiger partial charge in [-0.15, -0.1) is 0 Å². The van der Waals surface area contributed by atoms with Gasteiger partial charge in [0, 0.05) is 39.2 Å². The Morgan fingerprint density at radius 2 is 2.04 bits per heavy atom. The van der Waals surface area contributed by atoms with Crippen LogP contribution in [0.1, 0.15) is 26.7 Å². The van der Waals surface area contributed by atoms with Crippen molar-refractivity contribution in [2.75, 3.05) is 39.9 Å². The van der Waals surface area contributed by atoms with Crippen LogP contribution in [0.5, 0.6) is 0 Å². The molecular formula is C17H26F3N3O4. The van der Waals surface area contributed by atoms with Crippen LogP contribution >= 0.6 is 0 Å². The molecule has 7 nitrogen and oxygen atoms in total. The van der Waals surface area contributed by atoms with E-state index in [0.29, 0.717) is 11.8 Å². The highest BCUT2D eigenvalue weighted by atomic mass is 19.4. The number of hydrogen-bond donors (Lipinski definition) is 1. The average Bonchev–Trinajstić information content (AvgIpc) is 3.20. The topological polar surface area (TPSA) is 82.4 Å². The van der Waals surface area contributed by atoms with Crippen molar-refractivity contribution in [2.24, 2.45) is 16.8 Å². The number of fused-ring (bicyclic) bond motifs is 2. The quantitative estimate of drug-likeness (QED) is 0.785. The predicted molar refractivity (Wildman–Crippen MR) is 91.4 cm³/mol. The van der Waals surface area contributed by atoms with E-state index in [1.165, 1.54) is 0 Å². The molecule has 1 aliphatic carbocycles. The normalized spacial score (nSPS) is 30.4. The number of amidine groups is 1. The monoisotopic (exact) mass is 393 g/mol. The number of carboxylic acid groups (broad SMARTS) is 1. The first-order chi connectivity index (χ1) is 12.6. The van der Waals surface area contributed by atoms with Gasteiger partial charge in [-0.25, -0.2) is 4.79 Å². The van der Waals surface area contributed by atoms with Gasteiger partial charge < -0.3 is 14.7 Å². The highest BCUT2D eigenvalue weighted by molar-refractivity contribution is 6.07. The number of amides is 1. The largest absolute Gasteiger partial charge is 0.490 e. The molecule has 0 aromatic carbocycles. The summed E-state index contributed by atoms with van der Waals surface area (Å²) in [5.41, 5.74) is -0.438. The summed E-state index contributed by atoms with van der Waals surface area (Å²) in [6.07, 6.45) is -3.01. The van der Waals surface area contributed by atoms with Crippen molar-refractivity contribution < 1.29 is 32.6 Å². The number of halogens is 3. The van der Waals surface area contributed by atoms with Crippen molar-refractivity contribution in [3.63, 3.8) is 0 Å². The molecule has 3 rings (SSSR count). The highest BCUT2D eigenvalue weighted by Gasteiger charge is 2.60. The summed E-state index contributed by atoms with van der Waals surface area (Å²) in [6, 6.07) is 0. The lowest BCUT2D eigenvalue weighted by Gasteiger charge is -2.27. The van der Waals surface area contributed by atoms with Crippen LogP contribution in [-0.2, 0) is 14.3 Å². The molecule has 0 aromatic rings. The lowest BCUT2D eigenvalue weighted by molar-refractivity contribution is -0.192. The summed E-state index contributed by atoms with van der Waals surface area (Å²) in [5.74, 6) is -0.567. The fourth-order valence-corrected chi connectivity index (χ4v) is 4.34. The summed E-state index contributed by atoms with van der Waals surface area (Å²) in [4.78, 5) is 30.8.